The highest BCUT2D eigenvalue weighted by Gasteiger charge is 2.64. The zero-order valence-electron chi connectivity index (χ0n) is 20.8. The zero-order valence-corrected chi connectivity index (χ0v) is 20.8. The predicted molar refractivity (Wildman–Crippen MR) is 128 cm³/mol. The van der Waals surface area contributed by atoms with Crippen LogP contribution in [0, 0.1) is 52.3 Å². The van der Waals surface area contributed by atoms with Gasteiger partial charge in [-0.05, 0) is 110 Å². The van der Waals surface area contributed by atoms with Gasteiger partial charge in [0.25, 0.3) is 0 Å². The highest BCUT2D eigenvalue weighted by atomic mass is 16.3. The maximum absolute atomic E-state index is 11.4. The van der Waals surface area contributed by atoms with Crippen molar-refractivity contribution in [3.05, 3.63) is 12.2 Å². The van der Waals surface area contributed by atoms with Gasteiger partial charge in [-0.3, -0.25) is 0 Å². The molecule has 4 fully saturated rings. The molecule has 4 nitrogen and oxygen atoms in total. The molecule has 32 heavy (non-hydrogen) atoms. The minimum Gasteiger partial charge on any atom is -0.396 e. The summed E-state index contributed by atoms with van der Waals surface area (Å²) >= 11 is 0. The van der Waals surface area contributed by atoms with Gasteiger partial charge in [0.2, 0.25) is 0 Å². The topological polar surface area (TPSA) is 80.9 Å². The highest BCUT2D eigenvalue weighted by Crippen LogP contribution is 2.68. The Morgan fingerprint density at radius 1 is 0.938 bits per heavy atom. The van der Waals surface area contributed by atoms with Crippen molar-refractivity contribution >= 4 is 0 Å². The van der Waals surface area contributed by atoms with Crippen LogP contribution < -0.4 is 0 Å². The summed E-state index contributed by atoms with van der Waals surface area (Å²) in [5.74, 6) is 2.57. The first-order chi connectivity index (χ1) is 15.0. The summed E-state index contributed by atoms with van der Waals surface area (Å²) in [4.78, 5) is 0. The van der Waals surface area contributed by atoms with E-state index in [1.54, 1.807) is 0 Å². The summed E-state index contributed by atoms with van der Waals surface area (Å²) in [5, 5.41) is 42.3. The second-order valence-corrected chi connectivity index (χ2v) is 12.9. The van der Waals surface area contributed by atoms with Crippen LogP contribution in [0.5, 0.6) is 0 Å². The molecule has 4 aliphatic rings. The number of aliphatic hydroxyl groups excluding tert-OH is 4. The van der Waals surface area contributed by atoms with Gasteiger partial charge in [0.15, 0.2) is 0 Å². The molecule has 4 rings (SSSR count). The Morgan fingerprint density at radius 2 is 1.62 bits per heavy atom. The third-order valence-corrected chi connectivity index (χ3v) is 11.3. The number of hydrogen-bond acceptors (Lipinski definition) is 4. The first-order valence-electron chi connectivity index (χ1n) is 13.4. The maximum atomic E-state index is 11.4. The van der Waals surface area contributed by atoms with Crippen LogP contribution in [0.2, 0.25) is 0 Å². The van der Waals surface area contributed by atoms with Gasteiger partial charge >= 0.3 is 0 Å². The van der Waals surface area contributed by atoms with Crippen LogP contribution >= 0.6 is 0 Å². The number of fused-ring (bicyclic) bond motifs is 5. The first kappa shape index (κ1) is 24.7. The summed E-state index contributed by atoms with van der Waals surface area (Å²) in [5.41, 5.74) is 1.35. The molecule has 0 aliphatic heterocycles. The molecule has 0 aromatic heterocycles. The molecule has 4 saturated carbocycles. The molecule has 12 atom stereocenters. The Bertz CT molecular complexity index is 693. The summed E-state index contributed by atoms with van der Waals surface area (Å²) in [6.07, 6.45) is 7.73. The van der Waals surface area contributed by atoms with E-state index in [-0.39, 0.29) is 53.5 Å². The van der Waals surface area contributed by atoms with Gasteiger partial charge in [-0.25, -0.2) is 0 Å². The van der Waals surface area contributed by atoms with Crippen molar-refractivity contribution in [2.75, 3.05) is 6.61 Å². The second kappa shape index (κ2) is 8.98. The van der Waals surface area contributed by atoms with Crippen LogP contribution in [0.25, 0.3) is 0 Å². The monoisotopic (exact) mass is 448 g/mol. The fraction of sp³-hybridized carbons (Fsp3) is 0.929. The molecule has 0 radical (unpaired) electrons. The van der Waals surface area contributed by atoms with E-state index in [1.807, 2.05) is 6.92 Å². The Morgan fingerprint density at radius 3 is 2.31 bits per heavy atom. The summed E-state index contributed by atoms with van der Waals surface area (Å²) < 4.78 is 0. The lowest BCUT2D eigenvalue weighted by molar-refractivity contribution is -0.181. The molecule has 0 aromatic carbocycles. The molecule has 7 unspecified atom stereocenters. The third-order valence-electron chi connectivity index (χ3n) is 11.3. The maximum Gasteiger partial charge on any atom is 0.0579 e. The van der Waals surface area contributed by atoms with Crippen molar-refractivity contribution in [1.82, 2.24) is 0 Å². The number of rotatable bonds is 6. The fourth-order valence-corrected chi connectivity index (χ4v) is 9.26. The van der Waals surface area contributed by atoms with Crippen molar-refractivity contribution < 1.29 is 20.4 Å². The lowest BCUT2D eigenvalue weighted by Crippen LogP contribution is -2.59. The summed E-state index contributed by atoms with van der Waals surface area (Å²) in [7, 11) is 0. The minimum absolute atomic E-state index is 0.0878. The Labute approximate surface area is 195 Å². The molecule has 0 saturated heterocycles. The lowest BCUT2D eigenvalue weighted by Gasteiger charge is -2.62. The van der Waals surface area contributed by atoms with Crippen molar-refractivity contribution in [2.45, 2.75) is 104 Å². The Balaban J connectivity index is 1.52. The van der Waals surface area contributed by atoms with Crippen molar-refractivity contribution in [1.29, 1.82) is 0 Å². The molecule has 184 valence electrons. The normalized spacial score (nSPS) is 50.1. The molecular weight excluding hydrogens is 400 g/mol. The van der Waals surface area contributed by atoms with Crippen LogP contribution in [-0.2, 0) is 0 Å². The van der Waals surface area contributed by atoms with E-state index in [2.05, 4.69) is 27.4 Å². The molecule has 0 heterocycles. The van der Waals surface area contributed by atoms with E-state index in [1.165, 1.54) is 12.8 Å². The largest absolute Gasteiger partial charge is 0.396 e. The first-order valence-corrected chi connectivity index (χ1v) is 13.4. The van der Waals surface area contributed by atoms with Gasteiger partial charge in [-0.1, -0.05) is 39.8 Å². The van der Waals surface area contributed by atoms with Crippen LogP contribution in [0.3, 0.4) is 0 Å². The average Bonchev–Trinajstić information content (AvgIpc) is 3.03. The smallest absolute Gasteiger partial charge is 0.0579 e. The lowest BCUT2D eigenvalue weighted by atomic mass is 9.43. The quantitative estimate of drug-likeness (QED) is 0.450. The van der Waals surface area contributed by atoms with Gasteiger partial charge in [0.05, 0.1) is 18.3 Å². The van der Waals surface area contributed by atoms with Crippen LogP contribution in [-0.4, -0.2) is 45.3 Å². The van der Waals surface area contributed by atoms with E-state index >= 15 is 0 Å². The molecule has 4 aliphatic carbocycles. The predicted octanol–water partition coefficient (Wildman–Crippen LogP) is 4.55. The summed E-state index contributed by atoms with van der Waals surface area (Å²) in [6, 6.07) is 0. The highest BCUT2D eigenvalue weighted by molar-refractivity contribution is 5.13. The van der Waals surface area contributed by atoms with Crippen LogP contribution in [0.1, 0.15) is 85.5 Å². The van der Waals surface area contributed by atoms with Crippen molar-refractivity contribution in [3.63, 3.8) is 0 Å². The molecule has 4 N–H and O–H groups in total. The van der Waals surface area contributed by atoms with E-state index in [4.69, 9.17) is 0 Å². The average molecular weight is 449 g/mol. The van der Waals surface area contributed by atoms with E-state index < -0.39 is 0 Å². The Hall–Kier alpha value is -0.420. The fourth-order valence-electron chi connectivity index (χ4n) is 9.26. The SMILES string of the molecule is C=C(CCC(C)C1CC(O)C2C3C[C@@H](O)C4C[C@@H](O)CC[C@]4(C)C3CC[C@]12C)[C@H](C)CO. The van der Waals surface area contributed by atoms with Gasteiger partial charge in [0.1, 0.15) is 0 Å². The van der Waals surface area contributed by atoms with E-state index in [0.717, 1.165) is 50.5 Å². The third kappa shape index (κ3) is 3.91. The van der Waals surface area contributed by atoms with Crippen molar-refractivity contribution in [2.24, 2.45) is 52.3 Å². The molecular formula is C28H48O4. The second-order valence-electron chi connectivity index (χ2n) is 12.9. The van der Waals surface area contributed by atoms with Crippen LogP contribution in [0.15, 0.2) is 12.2 Å². The van der Waals surface area contributed by atoms with Gasteiger partial charge < -0.3 is 20.4 Å². The van der Waals surface area contributed by atoms with E-state index in [9.17, 15) is 20.4 Å². The summed E-state index contributed by atoms with van der Waals surface area (Å²) in [6.45, 7) is 13.6. The molecule has 0 spiro atoms. The molecule has 0 bridgehead atoms. The Kier molecular flexibility index (Phi) is 6.93. The standard InChI is InChI=1S/C28H48O4/c1-16(18(3)15-29)6-7-17(2)22-14-25(32)26-20-13-24(31)23-12-19(30)8-10-27(23,4)21(20)9-11-28(22,26)5/h17-26,29-32H,1,6-15H2,2-5H3/t17?,18-,19+,20?,21?,22?,23?,24-,25?,26?,27-,28-/m1/s1. The molecule has 0 amide bonds. The van der Waals surface area contributed by atoms with Gasteiger partial charge in [-0.15, -0.1) is 0 Å². The van der Waals surface area contributed by atoms with Gasteiger partial charge in [-0.2, -0.15) is 0 Å². The number of aliphatic hydroxyl groups is 4. The van der Waals surface area contributed by atoms with Crippen LogP contribution in [0.4, 0.5) is 0 Å². The van der Waals surface area contributed by atoms with E-state index in [0.29, 0.717) is 23.7 Å². The molecule has 0 aromatic rings. The van der Waals surface area contributed by atoms with Crippen molar-refractivity contribution in [3.8, 4) is 0 Å². The van der Waals surface area contributed by atoms with Gasteiger partial charge in [0, 0.05) is 6.61 Å². The number of hydrogen-bond donors (Lipinski definition) is 4. The zero-order chi connectivity index (χ0) is 23.4. The minimum atomic E-state index is -0.356. The molecule has 4 heteroatoms.